The van der Waals surface area contributed by atoms with Crippen molar-refractivity contribution in [3.8, 4) is 11.3 Å². The van der Waals surface area contributed by atoms with E-state index in [0.717, 1.165) is 5.56 Å². The van der Waals surface area contributed by atoms with Gasteiger partial charge in [-0.2, -0.15) is 0 Å². The van der Waals surface area contributed by atoms with Crippen molar-refractivity contribution in [1.29, 1.82) is 0 Å². The molecule has 0 N–H and O–H groups in total. The Balaban J connectivity index is 1.60. The second kappa shape index (κ2) is 8.45. The Morgan fingerprint density at radius 1 is 1.00 bits per heavy atom. The van der Waals surface area contributed by atoms with E-state index in [1.807, 2.05) is 0 Å². The van der Waals surface area contributed by atoms with E-state index < -0.39 is 5.97 Å². The summed E-state index contributed by atoms with van der Waals surface area (Å²) in [6.07, 6.45) is 3.00. The summed E-state index contributed by atoms with van der Waals surface area (Å²) < 4.78 is 10.8. The van der Waals surface area contributed by atoms with Gasteiger partial charge in [0.25, 0.3) is 0 Å². The minimum Gasteiger partial charge on any atom is -0.457 e. The molecule has 0 unspecified atom stereocenters. The van der Waals surface area contributed by atoms with E-state index in [4.69, 9.17) is 44.0 Å². The summed E-state index contributed by atoms with van der Waals surface area (Å²) in [5.74, 6) is 0.586. The van der Waals surface area contributed by atoms with E-state index in [2.05, 4.69) is 0 Å². The van der Waals surface area contributed by atoms with Crippen LogP contribution >= 0.6 is 34.8 Å². The maximum atomic E-state index is 11.8. The molecule has 0 amide bonds. The summed E-state index contributed by atoms with van der Waals surface area (Å²) in [5.41, 5.74) is 1.53. The van der Waals surface area contributed by atoms with Crippen molar-refractivity contribution < 1.29 is 13.9 Å². The molecule has 0 fully saturated rings. The number of esters is 1. The van der Waals surface area contributed by atoms with Crippen LogP contribution in [0.5, 0.6) is 0 Å². The van der Waals surface area contributed by atoms with Crippen molar-refractivity contribution in [2.45, 2.75) is 6.61 Å². The van der Waals surface area contributed by atoms with Gasteiger partial charge in [0.05, 0.1) is 10.0 Å². The van der Waals surface area contributed by atoms with Gasteiger partial charge in [0.15, 0.2) is 0 Å². The van der Waals surface area contributed by atoms with Gasteiger partial charge in [-0.05, 0) is 48.0 Å². The lowest BCUT2D eigenvalue weighted by molar-refractivity contribution is -0.139. The number of carbonyl (C=O) groups is 1. The Kier molecular flexibility index (Phi) is 6.04. The molecule has 6 heteroatoms. The number of halogens is 3. The highest BCUT2D eigenvalue weighted by molar-refractivity contribution is 6.43. The van der Waals surface area contributed by atoms with Crippen LogP contribution in [-0.4, -0.2) is 5.97 Å². The second-order valence-electron chi connectivity index (χ2n) is 5.36. The van der Waals surface area contributed by atoms with E-state index in [0.29, 0.717) is 32.2 Å². The minimum atomic E-state index is -0.473. The average Bonchev–Trinajstić information content (AvgIpc) is 3.10. The molecular weight excluding hydrogens is 395 g/mol. The number of benzene rings is 2. The van der Waals surface area contributed by atoms with E-state index in [9.17, 15) is 4.79 Å². The molecule has 0 atom stereocenters. The van der Waals surface area contributed by atoms with Crippen LogP contribution in [0.2, 0.25) is 15.1 Å². The average molecular weight is 408 g/mol. The molecule has 0 bridgehead atoms. The molecule has 0 saturated carbocycles. The number of hydrogen-bond acceptors (Lipinski definition) is 3. The summed E-state index contributed by atoms with van der Waals surface area (Å²) in [7, 11) is 0. The molecule has 1 aromatic heterocycles. The van der Waals surface area contributed by atoms with Crippen molar-refractivity contribution in [1.82, 2.24) is 0 Å². The SMILES string of the molecule is O=C(C=Cc1ccc(Cl)cc1)OCc1ccc(-c2cccc(Cl)c2Cl)o1. The number of ether oxygens (including phenoxy) is 1. The van der Waals surface area contributed by atoms with Crippen molar-refractivity contribution in [3.05, 3.63) is 87.1 Å². The molecule has 2 aromatic carbocycles. The first kappa shape index (κ1) is 18.6. The highest BCUT2D eigenvalue weighted by Gasteiger charge is 2.11. The molecule has 26 heavy (non-hydrogen) atoms. The molecule has 1 heterocycles. The van der Waals surface area contributed by atoms with Crippen LogP contribution in [0.3, 0.4) is 0 Å². The van der Waals surface area contributed by atoms with Gasteiger partial charge in [-0.15, -0.1) is 0 Å². The first-order valence-corrected chi connectivity index (χ1v) is 8.80. The third-order valence-corrected chi connectivity index (χ3v) is 4.59. The topological polar surface area (TPSA) is 39.4 Å². The zero-order valence-electron chi connectivity index (χ0n) is 13.4. The molecule has 0 spiro atoms. The second-order valence-corrected chi connectivity index (χ2v) is 6.58. The fourth-order valence-electron chi connectivity index (χ4n) is 2.22. The molecule has 0 radical (unpaired) electrons. The lowest BCUT2D eigenvalue weighted by atomic mass is 10.2. The van der Waals surface area contributed by atoms with Crippen LogP contribution in [-0.2, 0) is 16.1 Å². The molecule has 0 aliphatic carbocycles. The quantitative estimate of drug-likeness (QED) is 0.350. The predicted octanol–water partition coefficient (Wildman–Crippen LogP) is 6.66. The van der Waals surface area contributed by atoms with Crippen LogP contribution in [0, 0.1) is 0 Å². The van der Waals surface area contributed by atoms with Gasteiger partial charge in [-0.1, -0.05) is 53.0 Å². The van der Waals surface area contributed by atoms with Crippen molar-refractivity contribution in [3.63, 3.8) is 0 Å². The van der Waals surface area contributed by atoms with Crippen LogP contribution in [0.4, 0.5) is 0 Å². The standard InChI is InChI=1S/C20H13Cl3O3/c21-14-7-4-13(5-8-14)6-11-19(24)25-12-15-9-10-18(26-15)16-2-1-3-17(22)20(16)23/h1-11H,12H2. The summed E-state index contributed by atoms with van der Waals surface area (Å²) >= 11 is 18.0. The molecule has 0 aliphatic rings. The van der Waals surface area contributed by atoms with Gasteiger partial charge < -0.3 is 9.15 Å². The lowest BCUT2D eigenvalue weighted by Crippen LogP contribution is -1.99. The molecule has 0 aliphatic heterocycles. The largest absolute Gasteiger partial charge is 0.457 e. The van der Waals surface area contributed by atoms with E-state index >= 15 is 0 Å². The Morgan fingerprint density at radius 3 is 2.54 bits per heavy atom. The Bertz CT molecular complexity index is 943. The van der Waals surface area contributed by atoms with Crippen LogP contribution < -0.4 is 0 Å². The fourth-order valence-corrected chi connectivity index (χ4v) is 2.74. The highest BCUT2D eigenvalue weighted by Crippen LogP contribution is 2.34. The molecule has 3 nitrogen and oxygen atoms in total. The molecular formula is C20H13Cl3O3. The summed E-state index contributed by atoms with van der Waals surface area (Å²) in [4.78, 5) is 11.8. The number of furan rings is 1. The number of hydrogen-bond donors (Lipinski definition) is 0. The Hall–Kier alpha value is -2.20. The van der Waals surface area contributed by atoms with Crippen LogP contribution in [0.15, 0.2) is 65.1 Å². The molecule has 0 saturated heterocycles. The van der Waals surface area contributed by atoms with Crippen LogP contribution in [0.25, 0.3) is 17.4 Å². The Labute approximate surface area is 165 Å². The minimum absolute atomic E-state index is 0.0158. The first-order valence-electron chi connectivity index (χ1n) is 7.66. The van der Waals surface area contributed by atoms with Gasteiger partial charge in [-0.25, -0.2) is 4.79 Å². The van der Waals surface area contributed by atoms with Crippen molar-refractivity contribution in [2.24, 2.45) is 0 Å². The third kappa shape index (κ3) is 4.70. The van der Waals surface area contributed by atoms with Crippen molar-refractivity contribution >= 4 is 46.8 Å². The summed E-state index contributed by atoms with van der Waals surface area (Å²) in [5, 5.41) is 1.50. The zero-order valence-corrected chi connectivity index (χ0v) is 15.7. The number of carbonyl (C=O) groups excluding carboxylic acids is 1. The predicted molar refractivity (Wildman–Crippen MR) is 104 cm³/mol. The zero-order chi connectivity index (χ0) is 18.5. The maximum absolute atomic E-state index is 11.8. The van der Waals surface area contributed by atoms with E-state index in [1.165, 1.54) is 6.08 Å². The smallest absolute Gasteiger partial charge is 0.331 e. The monoisotopic (exact) mass is 406 g/mol. The van der Waals surface area contributed by atoms with Gasteiger partial charge >= 0.3 is 5.97 Å². The van der Waals surface area contributed by atoms with Crippen LogP contribution in [0.1, 0.15) is 11.3 Å². The maximum Gasteiger partial charge on any atom is 0.331 e. The van der Waals surface area contributed by atoms with E-state index in [1.54, 1.807) is 60.7 Å². The summed E-state index contributed by atoms with van der Waals surface area (Å²) in [6.45, 7) is 0.0158. The lowest BCUT2D eigenvalue weighted by Gasteiger charge is -2.03. The van der Waals surface area contributed by atoms with Gasteiger partial charge in [0.2, 0.25) is 0 Å². The Morgan fingerprint density at radius 2 is 1.77 bits per heavy atom. The first-order chi connectivity index (χ1) is 12.5. The normalized spacial score (nSPS) is 11.0. The molecule has 132 valence electrons. The van der Waals surface area contributed by atoms with Gasteiger partial charge in [-0.3, -0.25) is 0 Å². The third-order valence-electron chi connectivity index (χ3n) is 3.52. The molecule has 3 rings (SSSR count). The molecule has 3 aromatic rings. The van der Waals surface area contributed by atoms with Gasteiger partial charge in [0.1, 0.15) is 18.1 Å². The highest BCUT2D eigenvalue weighted by atomic mass is 35.5. The number of rotatable bonds is 5. The fraction of sp³-hybridized carbons (Fsp3) is 0.0500. The van der Waals surface area contributed by atoms with Gasteiger partial charge in [0, 0.05) is 16.7 Å². The van der Waals surface area contributed by atoms with Crippen molar-refractivity contribution in [2.75, 3.05) is 0 Å². The van der Waals surface area contributed by atoms with E-state index in [-0.39, 0.29) is 6.61 Å². The summed E-state index contributed by atoms with van der Waals surface area (Å²) in [6, 6.07) is 15.9.